The molecule has 0 spiro atoms. The number of nitrogens with one attached hydrogen (secondary N) is 2. The van der Waals surface area contributed by atoms with E-state index in [0.717, 1.165) is 18.4 Å². The second-order valence-electron chi connectivity index (χ2n) is 6.97. The number of amides is 2. The Kier molecular flexibility index (Phi) is 6.48. The van der Waals surface area contributed by atoms with E-state index in [2.05, 4.69) is 10.6 Å². The lowest BCUT2D eigenvalue weighted by Crippen LogP contribution is -2.50. The summed E-state index contributed by atoms with van der Waals surface area (Å²) in [6, 6.07) is 15.5. The molecular weight excluding hydrogens is 362 g/mol. The molecule has 0 bridgehead atoms. The molecule has 2 aromatic rings. The van der Waals surface area contributed by atoms with Gasteiger partial charge in [-0.15, -0.1) is 0 Å². The van der Waals surface area contributed by atoms with Crippen LogP contribution in [0.3, 0.4) is 0 Å². The molecule has 1 fully saturated rings. The molecule has 1 aliphatic rings. The second-order valence-corrected chi connectivity index (χ2v) is 7.41. The molecule has 0 aromatic heterocycles. The largest absolute Gasteiger partial charge is 0.353 e. The Labute approximate surface area is 164 Å². The van der Waals surface area contributed by atoms with Crippen LogP contribution in [0.15, 0.2) is 54.6 Å². The summed E-state index contributed by atoms with van der Waals surface area (Å²) in [6.07, 6.45) is 2.65. The second kappa shape index (κ2) is 9.02. The van der Waals surface area contributed by atoms with E-state index in [0.29, 0.717) is 29.5 Å². The van der Waals surface area contributed by atoms with Crippen LogP contribution in [0, 0.1) is 5.92 Å². The van der Waals surface area contributed by atoms with E-state index in [-0.39, 0.29) is 17.9 Å². The third-order valence-electron chi connectivity index (χ3n) is 4.75. The summed E-state index contributed by atoms with van der Waals surface area (Å²) in [4.78, 5) is 25.3. The lowest BCUT2D eigenvalue weighted by molar-refractivity contribution is -0.123. The van der Waals surface area contributed by atoms with Crippen LogP contribution in [0.4, 0.5) is 0 Å². The average molecular weight is 386 g/mol. The van der Waals surface area contributed by atoms with E-state index in [9.17, 15) is 9.59 Å². The first-order chi connectivity index (χ1) is 13.0. The Morgan fingerprint density at radius 3 is 2.37 bits per heavy atom. The number of hydrogen-bond acceptors (Lipinski definition) is 3. The van der Waals surface area contributed by atoms with E-state index in [1.54, 1.807) is 24.3 Å². The first kappa shape index (κ1) is 19.4. The first-order valence-electron chi connectivity index (χ1n) is 9.16. The molecule has 27 heavy (non-hydrogen) atoms. The molecule has 3 rings (SSSR count). The first-order valence-corrected chi connectivity index (χ1v) is 9.54. The molecule has 1 aliphatic carbocycles. The van der Waals surface area contributed by atoms with Crippen molar-refractivity contribution in [3.8, 4) is 0 Å². The van der Waals surface area contributed by atoms with Crippen molar-refractivity contribution in [2.24, 2.45) is 11.7 Å². The van der Waals surface area contributed by atoms with Crippen LogP contribution < -0.4 is 16.4 Å². The van der Waals surface area contributed by atoms with Crippen LogP contribution in [0.25, 0.3) is 0 Å². The van der Waals surface area contributed by atoms with Gasteiger partial charge in [0.1, 0.15) is 6.04 Å². The van der Waals surface area contributed by atoms with Crippen LogP contribution in [0.5, 0.6) is 0 Å². The molecule has 142 valence electrons. The van der Waals surface area contributed by atoms with Crippen LogP contribution in [0.1, 0.15) is 28.8 Å². The zero-order valence-electron chi connectivity index (χ0n) is 15.0. The summed E-state index contributed by atoms with van der Waals surface area (Å²) >= 11 is 5.87. The fraction of sp³-hybridized carbons (Fsp3) is 0.333. The minimum absolute atomic E-state index is 0.0294. The van der Waals surface area contributed by atoms with Gasteiger partial charge in [0, 0.05) is 29.6 Å². The highest BCUT2D eigenvalue weighted by molar-refractivity contribution is 6.30. The molecule has 2 aromatic carbocycles. The Morgan fingerprint density at radius 1 is 1.07 bits per heavy atom. The van der Waals surface area contributed by atoms with Gasteiger partial charge in [-0.3, -0.25) is 9.59 Å². The third kappa shape index (κ3) is 5.81. The average Bonchev–Trinajstić information content (AvgIpc) is 3.52. The van der Waals surface area contributed by atoms with E-state index < -0.39 is 6.04 Å². The summed E-state index contributed by atoms with van der Waals surface area (Å²) in [5, 5.41) is 6.28. The van der Waals surface area contributed by atoms with Gasteiger partial charge < -0.3 is 16.4 Å². The molecular formula is C21H24ClN3O2. The van der Waals surface area contributed by atoms with Gasteiger partial charge in [0.05, 0.1) is 0 Å². The van der Waals surface area contributed by atoms with Crippen molar-refractivity contribution >= 4 is 23.4 Å². The molecule has 0 aliphatic heterocycles. The summed E-state index contributed by atoms with van der Waals surface area (Å²) < 4.78 is 0. The predicted molar refractivity (Wildman–Crippen MR) is 107 cm³/mol. The molecule has 0 saturated heterocycles. The smallest absolute Gasteiger partial charge is 0.251 e. The van der Waals surface area contributed by atoms with Gasteiger partial charge >= 0.3 is 0 Å². The Balaban J connectivity index is 1.67. The van der Waals surface area contributed by atoms with E-state index >= 15 is 0 Å². The standard InChI is InChI=1S/C21H24ClN3O2/c22-17-10-8-16(9-11-17)20(26)25-19(12-14-4-2-1-3-5-14)21(27)24-13-18(23)15-6-7-15/h1-5,8-11,15,18-19H,6-7,12-13,23H2,(H,24,27)(H,25,26). The van der Waals surface area contributed by atoms with Crippen molar-refractivity contribution < 1.29 is 9.59 Å². The minimum atomic E-state index is -0.679. The molecule has 5 nitrogen and oxygen atoms in total. The minimum Gasteiger partial charge on any atom is -0.353 e. The van der Waals surface area contributed by atoms with Crippen LogP contribution in [-0.4, -0.2) is 30.4 Å². The highest BCUT2D eigenvalue weighted by atomic mass is 35.5. The monoisotopic (exact) mass is 385 g/mol. The summed E-state index contributed by atoms with van der Waals surface area (Å²) in [5.41, 5.74) is 7.50. The quantitative estimate of drug-likeness (QED) is 0.652. The maximum Gasteiger partial charge on any atom is 0.251 e. The molecule has 4 N–H and O–H groups in total. The molecule has 0 radical (unpaired) electrons. The maximum absolute atomic E-state index is 12.7. The van der Waals surface area contributed by atoms with Crippen molar-refractivity contribution in [1.29, 1.82) is 0 Å². The normalized spacial score (nSPS) is 15.6. The number of carbonyl (C=O) groups excluding carboxylic acids is 2. The van der Waals surface area contributed by atoms with Gasteiger partial charge in [0.25, 0.3) is 5.91 Å². The Bertz CT molecular complexity index is 776. The zero-order chi connectivity index (χ0) is 19.2. The molecule has 0 heterocycles. The Hall–Kier alpha value is -2.37. The van der Waals surface area contributed by atoms with Gasteiger partial charge in [-0.1, -0.05) is 41.9 Å². The fourth-order valence-electron chi connectivity index (χ4n) is 2.93. The lowest BCUT2D eigenvalue weighted by atomic mass is 10.0. The predicted octanol–water partition coefficient (Wildman–Crippen LogP) is 2.53. The molecule has 1 saturated carbocycles. The Morgan fingerprint density at radius 2 is 1.74 bits per heavy atom. The number of rotatable bonds is 8. The number of carbonyl (C=O) groups is 2. The summed E-state index contributed by atoms with van der Waals surface area (Å²) in [5.74, 6) is -0.0342. The zero-order valence-corrected chi connectivity index (χ0v) is 15.8. The topological polar surface area (TPSA) is 84.2 Å². The van der Waals surface area contributed by atoms with Gasteiger partial charge in [-0.05, 0) is 48.6 Å². The molecule has 6 heteroatoms. The number of nitrogens with two attached hydrogens (primary N) is 1. The van der Waals surface area contributed by atoms with Crippen molar-refractivity contribution in [3.05, 3.63) is 70.7 Å². The van der Waals surface area contributed by atoms with Gasteiger partial charge in [0.15, 0.2) is 0 Å². The SMILES string of the molecule is NC(CNC(=O)C(Cc1ccccc1)NC(=O)c1ccc(Cl)cc1)C1CC1. The number of benzene rings is 2. The van der Waals surface area contributed by atoms with Crippen LogP contribution in [-0.2, 0) is 11.2 Å². The fourth-order valence-corrected chi connectivity index (χ4v) is 3.06. The summed E-state index contributed by atoms with van der Waals surface area (Å²) in [6.45, 7) is 0.422. The molecule has 2 amide bonds. The maximum atomic E-state index is 12.7. The number of halogens is 1. The van der Waals surface area contributed by atoms with Crippen molar-refractivity contribution in [1.82, 2.24) is 10.6 Å². The highest BCUT2D eigenvalue weighted by Gasteiger charge is 2.29. The lowest BCUT2D eigenvalue weighted by Gasteiger charge is -2.20. The van der Waals surface area contributed by atoms with E-state index in [1.807, 2.05) is 30.3 Å². The van der Waals surface area contributed by atoms with Crippen molar-refractivity contribution in [2.75, 3.05) is 6.54 Å². The third-order valence-corrected chi connectivity index (χ3v) is 5.00. The van der Waals surface area contributed by atoms with Crippen LogP contribution >= 0.6 is 11.6 Å². The van der Waals surface area contributed by atoms with Gasteiger partial charge in [-0.25, -0.2) is 0 Å². The highest BCUT2D eigenvalue weighted by Crippen LogP contribution is 2.31. The summed E-state index contributed by atoms with van der Waals surface area (Å²) in [7, 11) is 0. The van der Waals surface area contributed by atoms with Gasteiger partial charge in [-0.2, -0.15) is 0 Å². The van der Waals surface area contributed by atoms with Crippen molar-refractivity contribution in [2.45, 2.75) is 31.3 Å². The van der Waals surface area contributed by atoms with Crippen LogP contribution in [0.2, 0.25) is 5.02 Å². The van der Waals surface area contributed by atoms with Crippen molar-refractivity contribution in [3.63, 3.8) is 0 Å². The molecule has 2 unspecified atom stereocenters. The van der Waals surface area contributed by atoms with E-state index in [1.165, 1.54) is 0 Å². The van der Waals surface area contributed by atoms with E-state index in [4.69, 9.17) is 17.3 Å². The van der Waals surface area contributed by atoms with Gasteiger partial charge in [0.2, 0.25) is 5.91 Å². The molecule has 2 atom stereocenters. The number of hydrogen-bond donors (Lipinski definition) is 3.